The smallest absolute Gasteiger partial charge is 0.242 e. The number of rotatable bonds is 6. The molecule has 0 fully saturated rings. The van der Waals surface area contributed by atoms with E-state index in [9.17, 15) is 13.2 Å². The van der Waals surface area contributed by atoms with Crippen LogP contribution >= 0.6 is 11.3 Å². The predicted octanol–water partition coefficient (Wildman–Crippen LogP) is 1.62. The minimum Gasteiger partial charge on any atom is -0.325 e. The first-order valence-electron chi connectivity index (χ1n) is 6.24. The number of carbonyl (C=O) groups excluding carboxylic acids is 1. The fourth-order valence-corrected chi connectivity index (χ4v) is 3.55. The second-order valence-electron chi connectivity index (χ2n) is 4.25. The number of aromatic nitrogens is 1. The van der Waals surface area contributed by atoms with Crippen LogP contribution in [0.3, 0.4) is 0 Å². The number of benzene rings is 1. The van der Waals surface area contributed by atoms with Gasteiger partial charge in [0.2, 0.25) is 15.9 Å². The summed E-state index contributed by atoms with van der Waals surface area (Å²) < 4.78 is 27.1. The van der Waals surface area contributed by atoms with Crippen LogP contribution in [-0.4, -0.2) is 25.9 Å². The highest BCUT2D eigenvalue weighted by molar-refractivity contribution is 7.89. The van der Waals surface area contributed by atoms with Crippen molar-refractivity contribution in [1.29, 1.82) is 0 Å². The van der Waals surface area contributed by atoms with Crippen molar-refractivity contribution in [2.24, 2.45) is 0 Å². The van der Waals surface area contributed by atoms with Gasteiger partial charge >= 0.3 is 0 Å². The van der Waals surface area contributed by atoms with Gasteiger partial charge < -0.3 is 5.32 Å². The summed E-state index contributed by atoms with van der Waals surface area (Å²) in [7, 11) is -3.68. The Kier molecular flexibility index (Phi) is 5.05. The molecule has 0 bridgehead atoms. The van der Waals surface area contributed by atoms with E-state index in [0.717, 1.165) is 5.01 Å². The van der Waals surface area contributed by atoms with Crippen LogP contribution in [0.4, 0.5) is 5.69 Å². The van der Waals surface area contributed by atoms with Crippen LogP contribution in [-0.2, 0) is 21.2 Å². The van der Waals surface area contributed by atoms with Crippen LogP contribution in [0.2, 0.25) is 0 Å². The Bertz CT molecular complexity index is 712. The lowest BCUT2D eigenvalue weighted by Gasteiger charge is -2.11. The van der Waals surface area contributed by atoms with Gasteiger partial charge in [-0.15, -0.1) is 11.3 Å². The molecular weight excluding hydrogens is 310 g/mol. The molecule has 8 heteroatoms. The van der Waals surface area contributed by atoms with Gasteiger partial charge in [-0.05, 0) is 12.1 Å². The lowest BCUT2D eigenvalue weighted by atomic mass is 10.3. The number of thiazole rings is 1. The van der Waals surface area contributed by atoms with Crippen LogP contribution < -0.4 is 10.0 Å². The van der Waals surface area contributed by atoms with E-state index in [4.69, 9.17) is 0 Å². The molecule has 0 aliphatic carbocycles. The third-order valence-corrected chi connectivity index (χ3v) is 4.96. The van der Waals surface area contributed by atoms with Crippen molar-refractivity contribution in [2.75, 3.05) is 11.9 Å². The summed E-state index contributed by atoms with van der Waals surface area (Å²) in [5.74, 6) is -0.319. The third-order valence-electron chi connectivity index (χ3n) is 2.60. The topological polar surface area (TPSA) is 88.2 Å². The molecule has 0 saturated heterocycles. The SMILES string of the molecule is CC(=O)Nc1ccccc1S(=O)(=O)NCCc1nccs1. The largest absolute Gasteiger partial charge is 0.325 e. The molecule has 112 valence electrons. The molecule has 0 saturated carbocycles. The normalized spacial score (nSPS) is 11.3. The molecule has 2 aromatic rings. The first-order valence-corrected chi connectivity index (χ1v) is 8.60. The second kappa shape index (κ2) is 6.79. The Labute approximate surface area is 127 Å². The van der Waals surface area contributed by atoms with E-state index in [0.29, 0.717) is 6.42 Å². The minimum atomic E-state index is -3.68. The number of hydrogen-bond acceptors (Lipinski definition) is 5. The van der Waals surface area contributed by atoms with Gasteiger partial charge in [-0.2, -0.15) is 0 Å². The maximum Gasteiger partial charge on any atom is 0.242 e. The van der Waals surface area contributed by atoms with Gasteiger partial charge in [0.1, 0.15) is 4.90 Å². The zero-order valence-corrected chi connectivity index (χ0v) is 13.0. The van der Waals surface area contributed by atoms with Crippen molar-refractivity contribution in [3.05, 3.63) is 40.8 Å². The summed E-state index contributed by atoms with van der Waals surface area (Å²) in [6, 6.07) is 6.29. The number of amides is 1. The lowest BCUT2D eigenvalue weighted by Crippen LogP contribution is -2.27. The molecular formula is C13H15N3O3S2. The molecule has 0 radical (unpaired) electrons. The standard InChI is InChI=1S/C13H15N3O3S2/c1-10(17)16-11-4-2-3-5-12(11)21(18,19)15-7-6-13-14-8-9-20-13/h2-5,8-9,15H,6-7H2,1H3,(H,16,17). The van der Waals surface area contributed by atoms with Crippen molar-refractivity contribution in [1.82, 2.24) is 9.71 Å². The molecule has 2 rings (SSSR count). The molecule has 0 spiro atoms. The van der Waals surface area contributed by atoms with Gasteiger partial charge in [-0.3, -0.25) is 4.79 Å². The number of hydrogen-bond donors (Lipinski definition) is 2. The molecule has 1 amide bonds. The highest BCUT2D eigenvalue weighted by Gasteiger charge is 2.18. The number of anilines is 1. The molecule has 2 N–H and O–H groups in total. The van der Waals surface area contributed by atoms with E-state index in [1.165, 1.54) is 24.3 Å². The van der Waals surface area contributed by atoms with Gasteiger partial charge in [0.15, 0.2) is 0 Å². The van der Waals surface area contributed by atoms with Crippen molar-refractivity contribution >= 4 is 33.0 Å². The third kappa shape index (κ3) is 4.35. The Balaban J connectivity index is 2.10. The molecule has 1 aromatic heterocycles. The summed E-state index contributed by atoms with van der Waals surface area (Å²) in [5.41, 5.74) is 0.270. The van der Waals surface area contributed by atoms with Crippen LogP contribution in [0.1, 0.15) is 11.9 Å². The lowest BCUT2D eigenvalue weighted by molar-refractivity contribution is -0.114. The fourth-order valence-electron chi connectivity index (χ4n) is 1.74. The van der Waals surface area contributed by atoms with Crippen molar-refractivity contribution in [2.45, 2.75) is 18.2 Å². The molecule has 0 unspecified atom stereocenters. The Hall–Kier alpha value is -1.77. The maximum atomic E-state index is 12.3. The quantitative estimate of drug-likeness (QED) is 0.845. The molecule has 0 aliphatic rings. The molecule has 6 nitrogen and oxygen atoms in total. The Morgan fingerprint density at radius 3 is 2.76 bits per heavy atom. The first kappa shape index (κ1) is 15.6. The molecule has 1 aromatic carbocycles. The van der Waals surface area contributed by atoms with E-state index in [1.807, 2.05) is 5.38 Å². The van der Waals surface area contributed by atoms with Crippen LogP contribution in [0.15, 0.2) is 40.7 Å². The number of nitrogens with zero attached hydrogens (tertiary/aromatic N) is 1. The monoisotopic (exact) mass is 325 g/mol. The van der Waals surface area contributed by atoms with Crippen molar-refractivity contribution in [3.63, 3.8) is 0 Å². The van der Waals surface area contributed by atoms with E-state index in [1.54, 1.807) is 24.4 Å². The molecule has 0 atom stereocenters. The fraction of sp³-hybridized carbons (Fsp3) is 0.231. The second-order valence-corrected chi connectivity index (χ2v) is 6.97. The van der Waals surface area contributed by atoms with E-state index in [2.05, 4.69) is 15.0 Å². The minimum absolute atomic E-state index is 0.0549. The summed E-state index contributed by atoms with van der Waals surface area (Å²) in [6.07, 6.45) is 2.21. The van der Waals surface area contributed by atoms with E-state index < -0.39 is 10.0 Å². The predicted molar refractivity (Wildman–Crippen MR) is 81.8 cm³/mol. The van der Waals surface area contributed by atoms with Crippen LogP contribution in [0, 0.1) is 0 Å². The number of sulfonamides is 1. The first-order chi connectivity index (χ1) is 9.99. The van der Waals surface area contributed by atoms with E-state index in [-0.39, 0.29) is 23.0 Å². The average Bonchev–Trinajstić information content (AvgIpc) is 2.91. The van der Waals surface area contributed by atoms with Crippen molar-refractivity contribution < 1.29 is 13.2 Å². The van der Waals surface area contributed by atoms with Gasteiger partial charge in [-0.1, -0.05) is 12.1 Å². The van der Waals surface area contributed by atoms with Gasteiger partial charge in [0, 0.05) is 31.5 Å². The summed E-state index contributed by atoms with van der Waals surface area (Å²) >= 11 is 1.48. The number of para-hydroxylation sites is 1. The molecule has 1 heterocycles. The van der Waals surface area contributed by atoms with Crippen molar-refractivity contribution in [3.8, 4) is 0 Å². The van der Waals surface area contributed by atoms with Crippen LogP contribution in [0.25, 0.3) is 0 Å². The summed E-state index contributed by atoms with van der Waals surface area (Å²) in [5, 5.41) is 5.23. The van der Waals surface area contributed by atoms with Gasteiger partial charge in [0.05, 0.1) is 10.7 Å². The summed E-state index contributed by atoms with van der Waals surface area (Å²) in [6.45, 7) is 1.59. The maximum absolute atomic E-state index is 12.3. The Morgan fingerprint density at radius 1 is 1.33 bits per heavy atom. The van der Waals surface area contributed by atoms with Gasteiger partial charge in [0.25, 0.3) is 0 Å². The zero-order chi connectivity index (χ0) is 15.3. The van der Waals surface area contributed by atoms with E-state index >= 15 is 0 Å². The van der Waals surface area contributed by atoms with Gasteiger partial charge in [-0.25, -0.2) is 18.1 Å². The average molecular weight is 325 g/mol. The summed E-state index contributed by atoms with van der Waals surface area (Å²) in [4.78, 5) is 15.3. The van der Waals surface area contributed by atoms with Crippen LogP contribution in [0.5, 0.6) is 0 Å². The molecule has 0 aliphatic heterocycles. The number of carbonyl (C=O) groups is 1. The molecule has 21 heavy (non-hydrogen) atoms. The highest BCUT2D eigenvalue weighted by atomic mass is 32.2. The highest BCUT2D eigenvalue weighted by Crippen LogP contribution is 2.20. The Morgan fingerprint density at radius 2 is 2.10 bits per heavy atom. The zero-order valence-electron chi connectivity index (χ0n) is 11.4. The number of nitrogens with one attached hydrogen (secondary N) is 2.